The normalized spacial score (nSPS) is 11.8. The Morgan fingerprint density at radius 1 is 0.500 bits per heavy atom. The Morgan fingerprint density at radius 2 is 1.10 bits per heavy atom. The van der Waals surface area contributed by atoms with E-state index >= 15 is 0 Å². The van der Waals surface area contributed by atoms with Crippen LogP contribution in [0.3, 0.4) is 0 Å². The van der Waals surface area contributed by atoms with Crippen molar-refractivity contribution in [1.29, 1.82) is 0 Å². The lowest BCUT2D eigenvalue weighted by molar-refractivity contribution is 1.15. The molecule has 42 heavy (non-hydrogen) atoms. The fourth-order valence-electron chi connectivity index (χ4n) is 6.46. The largest absolute Gasteiger partial charge is 0.354 e. The van der Waals surface area contributed by atoms with Gasteiger partial charge in [-0.05, 0) is 48.5 Å². The Balaban J connectivity index is 1.50. The molecule has 0 amide bonds. The SMILES string of the molecule is c1ccc(-c2cc(-n3c4ccccc4c4c5c6ccccc6[nH]c5c5ccccc5c43)cc(-c3ccccn3)n2)nc1. The minimum Gasteiger partial charge on any atom is -0.354 e. The van der Waals surface area contributed by atoms with E-state index in [4.69, 9.17) is 4.98 Å². The van der Waals surface area contributed by atoms with Crippen LogP contribution in [0, 0.1) is 0 Å². The Hall–Kier alpha value is -5.81. The Morgan fingerprint density at radius 3 is 1.79 bits per heavy atom. The zero-order valence-electron chi connectivity index (χ0n) is 22.5. The molecule has 5 heterocycles. The van der Waals surface area contributed by atoms with E-state index in [9.17, 15) is 0 Å². The molecule has 5 nitrogen and oxygen atoms in total. The summed E-state index contributed by atoms with van der Waals surface area (Å²) in [6.07, 6.45) is 3.62. The van der Waals surface area contributed by atoms with Gasteiger partial charge in [0, 0.05) is 50.2 Å². The number of hydrogen-bond acceptors (Lipinski definition) is 3. The summed E-state index contributed by atoms with van der Waals surface area (Å²) >= 11 is 0. The van der Waals surface area contributed by atoms with Crippen LogP contribution in [0.25, 0.3) is 82.8 Å². The molecule has 9 rings (SSSR count). The van der Waals surface area contributed by atoms with Crippen LogP contribution in [0.2, 0.25) is 0 Å². The highest BCUT2D eigenvalue weighted by molar-refractivity contribution is 6.36. The highest BCUT2D eigenvalue weighted by Gasteiger charge is 2.22. The topological polar surface area (TPSA) is 59.4 Å². The molecule has 0 radical (unpaired) electrons. The van der Waals surface area contributed by atoms with Crippen molar-refractivity contribution in [3.05, 3.63) is 134 Å². The first-order valence-electron chi connectivity index (χ1n) is 14.0. The maximum atomic E-state index is 5.05. The quantitative estimate of drug-likeness (QED) is 0.244. The predicted molar refractivity (Wildman–Crippen MR) is 172 cm³/mol. The van der Waals surface area contributed by atoms with Crippen LogP contribution >= 0.6 is 0 Å². The van der Waals surface area contributed by atoms with Crippen LogP contribution < -0.4 is 0 Å². The van der Waals surface area contributed by atoms with E-state index in [1.807, 2.05) is 48.8 Å². The van der Waals surface area contributed by atoms with Crippen LogP contribution in [0.5, 0.6) is 0 Å². The van der Waals surface area contributed by atoms with Gasteiger partial charge in [0.05, 0.1) is 45.0 Å². The zero-order valence-corrected chi connectivity index (χ0v) is 22.5. The summed E-state index contributed by atoms with van der Waals surface area (Å²) in [6.45, 7) is 0. The molecular formula is C37H23N5. The van der Waals surface area contributed by atoms with Crippen molar-refractivity contribution in [2.75, 3.05) is 0 Å². The van der Waals surface area contributed by atoms with E-state index in [1.165, 1.54) is 43.4 Å². The molecule has 0 aliphatic carbocycles. The standard InChI is InChI=1S/C37H23N5/c1-2-12-25-24(11-1)36-34(26-13-3-5-15-28(26)41-36)35-27-14-4-6-18-33(27)42(37(25)35)23-21-31(29-16-7-9-19-38-29)40-32(22-23)30-17-8-10-20-39-30/h1-22,41H. The van der Waals surface area contributed by atoms with Crippen molar-refractivity contribution in [2.45, 2.75) is 0 Å². The maximum Gasteiger partial charge on any atom is 0.0915 e. The number of aromatic amines is 1. The molecule has 196 valence electrons. The van der Waals surface area contributed by atoms with Gasteiger partial charge < -0.3 is 9.55 Å². The number of pyridine rings is 3. The lowest BCUT2D eigenvalue weighted by atomic mass is 9.99. The fourth-order valence-corrected chi connectivity index (χ4v) is 6.46. The molecule has 0 aliphatic rings. The summed E-state index contributed by atoms with van der Waals surface area (Å²) in [7, 11) is 0. The second kappa shape index (κ2) is 8.85. The maximum absolute atomic E-state index is 5.05. The first-order valence-corrected chi connectivity index (χ1v) is 14.0. The van der Waals surface area contributed by atoms with Gasteiger partial charge in [0.2, 0.25) is 0 Å². The van der Waals surface area contributed by atoms with E-state index in [0.717, 1.165) is 39.5 Å². The third-order valence-electron chi connectivity index (χ3n) is 8.21. The van der Waals surface area contributed by atoms with Crippen LogP contribution in [0.1, 0.15) is 0 Å². The minimum absolute atomic E-state index is 0.803. The third-order valence-corrected chi connectivity index (χ3v) is 8.21. The number of aromatic nitrogens is 5. The Labute approximate surface area is 240 Å². The molecule has 0 atom stereocenters. The summed E-state index contributed by atoms with van der Waals surface area (Å²) in [4.78, 5) is 18.1. The first-order chi connectivity index (χ1) is 20.8. The number of H-pyrrole nitrogens is 1. The van der Waals surface area contributed by atoms with E-state index < -0.39 is 0 Å². The monoisotopic (exact) mass is 537 g/mol. The summed E-state index contributed by atoms with van der Waals surface area (Å²) in [5, 5.41) is 7.32. The Bertz CT molecular complexity index is 2400. The Kier molecular flexibility index (Phi) is 4.83. The van der Waals surface area contributed by atoms with Gasteiger partial charge in [-0.3, -0.25) is 9.97 Å². The molecule has 5 heteroatoms. The smallest absolute Gasteiger partial charge is 0.0915 e. The molecule has 0 saturated heterocycles. The van der Waals surface area contributed by atoms with Crippen molar-refractivity contribution in [2.24, 2.45) is 0 Å². The molecule has 1 N–H and O–H groups in total. The molecule has 0 spiro atoms. The second-order valence-electron chi connectivity index (χ2n) is 10.6. The van der Waals surface area contributed by atoms with Gasteiger partial charge in [0.15, 0.2) is 0 Å². The molecule has 0 bridgehead atoms. The summed E-state index contributed by atoms with van der Waals surface area (Å²) in [5.74, 6) is 0. The number of fused-ring (bicyclic) bond motifs is 10. The van der Waals surface area contributed by atoms with E-state index in [1.54, 1.807) is 0 Å². The molecule has 0 aliphatic heterocycles. The molecule has 4 aromatic carbocycles. The lowest BCUT2D eigenvalue weighted by Gasteiger charge is -2.14. The number of hydrogen-bond donors (Lipinski definition) is 1. The number of para-hydroxylation sites is 2. The number of nitrogens with zero attached hydrogens (tertiary/aromatic N) is 4. The van der Waals surface area contributed by atoms with E-state index in [2.05, 4.69) is 104 Å². The average molecular weight is 538 g/mol. The van der Waals surface area contributed by atoms with Gasteiger partial charge >= 0.3 is 0 Å². The van der Waals surface area contributed by atoms with Gasteiger partial charge in [-0.1, -0.05) is 72.8 Å². The molecule has 0 unspecified atom stereocenters. The molecular weight excluding hydrogens is 514 g/mol. The molecule has 0 fully saturated rings. The number of benzene rings is 4. The van der Waals surface area contributed by atoms with Crippen molar-refractivity contribution in [3.63, 3.8) is 0 Å². The van der Waals surface area contributed by atoms with Gasteiger partial charge in [-0.15, -0.1) is 0 Å². The lowest BCUT2D eigenvalue weighted by Crippen LogP contribution is -2.00. The van der Waals surface area contributed by atoms with Crippen LogP contribution in [0.4, 0.5) is 0 Å². The number of nitrogens with one attached hydrogen (secondary N) is 1. The van der Waals surface area contributed by atoms with Gasteiger partial charge in [0.1, 0.15) is 0 Å². The molecule has 0 saturated carbocycles. The summed E-state index contributed by atoms with van der Waals surface area (Å²) in [6, 6.07) is 42.2. The average Bonchev–Trinajstić information content (AvgIpc) is 3.62. The first kappa shape index (κ1) is 22.9. The fraction of sp³-hybridized carbons (Fsp3) is 0. The summed E-state index contributed by atoms with van der Waals surface area (Å²) in [5.41, 5.74) is 8.88. The highest BCUT2D eigenvalue weighted by Crippen LogP contribution is 2.45. The van der Waals surface area contributed by atoms with Crippen LogP contribution in [0.15, 0.2) is 134 Å². The van der Waals surface area contributed by atoms with Crippen LogP contribution in [-0.2, 0) is 0 Å². The van der Waals surface area contributed by atoms with Crippen LogP contribution in [-0.4, -0.2) is 24.5 Å². The van der Waals surface area contributed by atoms with Crippen molar-refractivity contribution < 1.29 is 0 Å². The highest BCUT2D eigenvalue weighted by atomic mass is 15.0. The third kappa shape index (κ3) is 3.28. The summed E-state index contributed by atoms with van der Waals surface area (Å²) < 4.78 is 2.40. The predicted octanol–water partition coefficient (Wildman–Crippen LogP) is 9.09. The van der Waals surface area contributed by atoms with E-state index in [0.29, 0.717) is 0 Å². The zero-order chi connectivity index (χ0) is 27.6. The van der Waals surface area contributed by atoms with Gasteiger partial charge in [-0.2, -0.15) is 0 Å². The second-order valence-corrected chi connectivity index (χ2v) is 10.6. The number of rotatable bonds is 3. The van der Waals surface area contributed by atoms with Gasteiger partial charge in [0.25, 0.3) is 0 Å². The molecule has 9 aromatic rings. The van der Waals surface area contributed by atoms with Gasteiger partial charge in [-0.25, -0.2) is 4.98 Å². The van der Waals surface area contributed by atoms with E-state index in [-0.39, 0.29) is 0 Å². The van der Waals surface area contributed by atoms with Crippen molar-refractivity contribution in [3.8, 4) is 28.5 Å². The van der Waals surface area contributed by atoms with Crippen molar-refractivity contribution >= 4 is 54.4 Å². The molecule has 5 aromatic heterocycles. The van der Waals surface area contributed by atoms with Crippen molar-refractivity contribution in [1.82, 2.24) is 24.5 Å². The minimum atomic E-state index is 0.803.